The largest absolute Gasteiger partial charge is 0.478 e. The molecule has 0 spiro atoms. The first kappa shape index (κ1) is 28.1. The zero-order valence-corrected chi connectivity index (χ0v) is 21.4. The lowest BCUT2D eigenvalue weighted by Gasteiger charge is -2.22. The van der Waals surface area contributed by atoms with Crippen molar-refractivity contribution in [3.63, 3.8) is 0 Å². The van der Waals surface area contributed by atoms with Crippen LogP contribution in [0.15, 0.2) is 48.8 Å². The summed E-state index contributed by atoms with van der Waals surface area (Å²) in [6, 6.07) is 10.2. The van der Waals surface area contributed by atoms with E-state index < -0.39 is 5.97 Å². The number of likely N-dealkylation sites (N-methyl/N-ethyl adjacent to an activating group) is 2. The second-order valence-corrected chi connectivity index (χ2v) is 9.19. The lowest BCUT2D eigenvalue weighted by atomic mass is 10.1. The Bertz CT molecular complexity index is 1500. The normalized spacial score (nSPS) is 10.9. The number of benzene rings is 2. The number of aromatic carboxylic acids is 1. The number of nitrogens with one attached hydrogen (secondary N) is 1. The molecule has 4 rings (SSSR count). The van der Waals surface area contributed by atoms with Crippen LogP contribution >= 0.6 is 0 Å². The van der Waals surface area contributed by atoms with Crippen LogP contribution in [0, 0.1) is 17.0 Å². The Morgan fingerprint density at radius 3 is 2.58 bits per heavy atom. The molecular weight excluding hydrogens is 486 g/mol. The van der Waals surface area contributed by atoms with Gasteiger partial charge in [-0.05, 0) is 44.8 Å². The Morgan fingerprint density at radius 1 is 1.18 bits per heavy atom. The van der Waals surface area contributed by atoms with E-state index in [0.717, 1.165) is 23.1 Å². The predicted molar refractivity (Wildman–Crippen MR) is 151 cm³/mol. The zero-order valence-electron chi connectivity index (χ0n) is 21.4. The van der Waals surface area contributed by atoms with E-state index >= 15 is 0 Å². The van der Waals surface area contributed by atoms with Crippen molar-refractivity contribution in [2.75, 3.05) is 44.4 Å². The molecule has 200 valence electrons. The summed E-state index contributed by atoms with van der Waals surface area (Å²) < 4.78 is 1.77. The summed E-state index contributed by atoms with van der Waals surface area (Å²) in [5.41, 5.74) is 4.01. The maximum Gasteiger partial charge on any atom is 0.337 e. The SMILES string of the molecule is C.Cc1cc(N(C)CCN(C)C)c([N+](=O)[O-])cc1Nc1nccc(-c2cn(C)c3c(C(=O)O)cccc23)n1. The van der Waals surface area contributed by atoms with Gasteiger partial charge in [0, 0.05) is 56.6 Å². The summed E-state index contributed by atoms with van der Waals surface area (Å²) in [5.74, 6) is -0.730. The molecule has 4 aromatic rings. The number of nitro benzene ring substituents is 1. The molecule has 0 radical (unpaired) electrons. The third kappa shape index (κ3) is 5.57. The van der Waals surface area contributed by atoms with Crippen LogP contribution < -0.4 is 10.2 Å². The van der Waals surface area contributed by atoms with E-state index in [0.29, 0.717) is 29.1 Å². The average Bonchev–Trinajstić information content (AvgIpc) is 3.20. The minimum absolute atomic E-state index is 0. The van der Waals surface area contributed by atoms with Gasteiger partial charge in [0.15, 0.2) is 0 Å². The first-order chi connectivity index (χ1) is 17.6. The van der Waals surface area contributed by atoms with Gasteiger partial charge in [-0.1, -0.05) is 19.6 Å². The van der Waals surface area contributed by atoms with Gasteiger partial charge >= 0.3 is 5.97 Å². The minimum atomic E-state index is -1.00. The second kappa shape index (κ2) is 11.3. The van der Waals surface area contributed by atoms with E-state index in [9.17, 15) is 20.0 Å². The standard InChI is InChI=1S/C26H29N7O4.CH4/c1-16-13-22(31(4)12-11-30(2)3)23(33(36)37)14-21(16)29-26-27-10-9-20(28-26)19-15-32(5)24-17(19)7-6-8-18(24)25(34)35;/h6-10,13-15H,11-12H2,1-5H3,(H,34,35)(H,27,28,29);1H4. The Labute approximate surface area is 221 Å². The van der Waals surface area contributed by atoms with Gasteiger partial charge in [-0.25, -0.2) is 14.8 Å². The first-order valence-electron chi connectivity index (χ1n) is 11.6. The summed E-state index contributed by atoms with van der Waals surface area (Å²) in [6.07, 6.45) is 3.43. The number of aryl methyl sites for hydroxylation is 2. The van der Waals surface area contributed by atoms with E-state index in [1.165, 1.54) is 6.07 Å². The van der Waals surface area contributed by atoms with E-state index in [1.54, 1.807) is 42.1 Å². The van der Waals surface area contributed by atoms with Crippen molar-refractivity contribution >= 4 is 39.9 Å². The van der Waals surface area contributed by atoms with Crippen molar-refractivity contribution in [2.24, 2.45) is 7.05 Å². The van der Waals surface area contributed by atoms with Crippen molar-refractivity contribution in [3.05, 3.63) is 70.0 Å². The van der Waals surface area contributed by atoms with Crippen LogP contribution in [0.5, 0.6) is 0 Å². The molecule has 0 saturated carbocycles. The van der Waals surface area contributed by atoms with Gasteiger partial charge in [0.2, 0.25) is 5.95 Å². The number of nitrogens with zero attached hydrogens (tertiary/aromatic N) is 6. The number of rotatable bonds is 9. The van der Waals surface area contributed by atoms with Crippen LogP contribution in [-0.2, 0) is 7.05 Å². The van der Waals surface area contributed by atoms with E-state index in [-0.39, 0.29) is 29.5 Å². The fourth-order valence-corrected chi connectivity index (χ4v) is 4.27. The summed E-state index contributed by atoms with van der Waals surface area (Å²) in [4.78, 5) is 36.0. The van der Waals surface area contributed by atoms with Crippen molar-refractivity contribution in [1.82, 2.24) is 19.4 Å². The van der Waals surface area contributed by atoms with Gasteiger partial charge in [-0.3, -0.25) is 10.1 Å². The van der Waals surface area contributed by atoms with Crippen molar-refractivity contribution in [3.8, 4) is 11.3 Å². The highest BCUT2D eigenvalue weighted by atomic mass is 16.6. The summed E-state index contributed by atoms with van der Waals surface area (Å²) >= 11 is 0. The van der Waals surface area contributed by atoms with Gasteiger partial charge in [0.05, 0.1) is 27.4 Å². The van der Waals surface area contributed by atoms with Gasteiger partial charge in [0.1, 0.15) is 5.69 Å². The molecule has 0 saturated heterocycles. The molecule has 0 fully saturated rings. The molecule has 0 aliphatic carbocycles. The Morgan fingerprint density at radius 2 is 1.92 bits per heavy atom. The third-order valence-corrected chi connectivity index (χ3v) is 6.22. The van der Waals surface area contributed by atoms with Crippen LogP contribution in [0.3, 0.4) is 0 Å². The lowest BCUT2D eigenvalue weighted by molar-refractivity contribution is -0.384. The molecule has 11 heteroatoms. The molecule has 0 aliphatic heterocycles. The van der Waals surface area contributed by atoms with Crippen molar-refractivity contribution in [1.29, 1.82) is 0 Å². The van der Waals surface area contributed by atoms with Crippen LogP contribution in [0.2, 0.25) is 0 Å². The monoisotopic (exact) mass is 519 g/mol. The molecule has 38 heavy (non-hydrogen) atoms. The molecule has 0 bridgehead atoms. The zero-order chi connectivity index (χ0) is 26.9. The van der Waals surface area contributed by atoms with Gasteiger partial charge in [0.25, 0.3) is 5.69 Å². The molecular formula is C27H33N7O4. The first-order valence-corrected chi connectivity index (χ1v) is 11.6. The number of carboxylic acids is 1. The summed E-state index contributed by atoms with van der Waals surface area (Å²) in [6.45, 7) is 3.27. The number of carboxylic acid groups (broad SMARTS) is 1. The van der Waals surface area contributed by atoms with Gasteiger partial charge in [-0.15, -0.1) is 0 Å². The molecule has 2 heterocycles. The fraction of sp³-hybridized carbons (Fsp3) is 0.296. The maximum atomic E-state index is 11.9. The molecule has 0 aliphatic rings. The number of carbonyl (C=O) groups is 1. The number of fused-ring (bicyclic) bond motifs is 1. The lowest BCUT2D eigenvalue weighted by Crippen LogP contribution is -2.29. The molecule has 2 aromatic carbocycles. The highest BCUT2D eigenvalue weighted by Crippen LogP contribution is 2.35. The van der Waals surface area contributed by atoms with Gasteiger partial charge in [-0.2, -0.15) is 0 Å². The second-order valence-electron chi connectivity index (χ2n) is 9.19. The van der Waals surface area contributed by atoms with E-state index in [2.05, 4.69) is 15.3 Å². The van der Waals surface area contributed by atoms with Crippen LogP contribution in [0.25, 0.3) is 22.2 Å². The third-order valence-electron chi connectivity index (χ3n) is 6.22. The number of hydrogen-bond acceptors (Lipinski definition) is 8. The Balaban J connectivity index is 0.00000400. The van der Waals surface area contributed by atoms with Crippen LogP contribution in [-0.4, -0.2) is 69.7 Å². The number of anilines is 3. The van der Waals surface area contributed by atoms with Crippen LogP contribution in [0.1, 0.15) is 23.3 Å². The molecule has 11 nitrogen and oxygen atoms in total. The highest BCUT2D eigenvalue weighted by Gasteiger charge is 2.21. The highest BCUT2D eigenvalue weighted by molar-refractivity contribution is 6.07. The predicted octanol–water partition coefficient (Wildman–Crippen LogP) is 4.93. The Kier molecular flexibility index (Phi) is 8.32. The molecule has 0 unspecified atom stereocenters. The quantitative estimate of drug-likeness (QED) is 0.233. The van der Waals surface area contributed by atoms with Crippen LogP contribution in [0.4, 0.5) is 23.0 Å². The molecule has 2 aromatic heterocycles. The molecule has 2 N–H and O–H groups in total. The average molecular weight is 520 g/mol. The number of nitro groups is 1. The fourth-order valence-electron chi connectivity index (χ4n) is 4.27. The number of hydrogen-bond donors (Lipinski definition) is 2. The smallest absolute Gasteiger partial charge is 0.337 e. The van der Waals surface area contributed by atoms with Gasteiger partial charge < -0.3 is 24.8 Å². The van der Waals surface area contributed by atoms with Crippen molar-refractivity contribution in [2.45, 2.75) is 14.4 Å². The number of aromatic nitrogens is 3. The Hall–Kier alpha value is -4.51. The number of para-hydroxylation sites is 1. The molecule has 0 amide bonds. The van der Waals surface area contributed by atoms with E-state index in [4.69, 9.17) is 0 Å². The van der Waals surface area contributed by atoms with E-state index in [1.807, 2.05) is 50.1 Å². The molecule has 0 atom stereocenters. The maximum absolute atomic E-state index is 11.9. The van der Waals surface area contributed by atoms with Crippen molar-refractivity contribution < 1.29 is 14.8 Å². The topological polar surface area (TPSA) is 130 Å². The minimum Gasteiger partial charge on any atom is -0.478 e. The summed E-state index contributed by atoms with van der Waals surface area (Å²) in [5, 5.41) is 25.4. The summed E-state index contributed by atoms with van der Waals surface area (Å²) in [7, 11) is 7.54.